The highest BCUT2D eigenvalue weighted by molar-refractivity contribution is 9.08. The first kappa shape index (κ1) is 15.6. The van der Waals surface area contributed by atoms with Crippen molar-refractivity contribution in [1.82, 2.24) is 14.8 Å². The molecule has 0 saturated carbocycles. The summed E-state index contributed by atoms with van der Waals surface area (Å²) in [6.07, 6.45) is 2.09. The minimum atomic E-state index is 0.521. The van der Waals surface area contributed by atoms with E-state index in [1.54, 1.807) is 11.8 Å². The average molecular weight is 399 g/mol. The van der Waals surface area contributed by atoms with Crippen LogP contribution in [0.3, 0.4) is 0 Å². The van der Waals surface area contributed by atoms with Crippen LogP contribution in [-0.2, 0) is 11.9 Å². The number of halogens is 1. The van der Waals surface area contributed by atoms with Gasteiger partial charge < -0.3 is 0 Å². The molecule has 0 N–H and O–H groups in total. The number of fused-ring (bicyclic) bond motifs is 3. The van der Waals surface area contributed by atoms with Gasteiger partial charge in [0.1, 0.15) is 12.4 Å². The first-order valence-electron chi connectivity index (χ1n) is 7.59. The molecule has 0 unspecified atom stereocenters. The van der Waals surface area contributed by atoms with Crippen LogP contribution in [0.4, 0.5) is 0 Å². The van der Waals surface area contributed by atoms with Gasteiger partial charge in [0, 0.05) is 16.0 Å². The Hall–Kier alpha value is -1.92. The largest absolute Gasteiger partial charge is 0.280 e. The fourth-order valence-corrected chi connectivity index (χ4v) is 3.73. The van der Waals surface area contributed by atoms with Gasteiger partial charge in [0.15, 0.2) is 5.82 Å². The lowest BCUT2D eigenvalue weighted by molar-refractivity contribution is 0.859. The van der Waals surface area contributed by atoms with Crippen molar-refractivity contribution in [3.05, 3.63) is 71.3 Å². The predicted molar refractivity (Wildman–Crippen MR) is 102 cm³/mol. The molecular weight excluding hydrogens is 384 g/mol. The highest BCUT2D eigenvalue weighted by atomic mass is 79.9. The number of nitrogens with zero attached hydrogens (tertiary/aromatic N) is 4. The highest BCUT2D eigenvalue weighted by Gasteiger charge is 2.22. The van der Waals surface area contributed by atoms with E-state index >= 15 is 0 Å². The zero-order valence-electron chi connectivity index (χ0n) is 13.1. The van der Waals surface area contributed by atoms with Gasteiger partial charge in [0.25, 0.3) is 0 Å². The maximum atomic E-state index is 4.87. The first-order chi connectivity index (χ1) is 11.8. The van der Waals surface area contributed by atoms with E-state index in [1.165, 1.54) is 4.90 Å². The summed E-state index contributed by atoms with van der Waals surface area (Å²) in [5.74, 6) is 1.76. The molecule has 0 bridgehead atoms. The molecule has 2 aromatic carbocycles. The molecule has 2 heterocycles. The maximum absolute atomic E-state index is 4.87. The van der Waals surface area contributed by atoms with Gasteiger partial charge >= 0.3 is 0 Å². The van der Waals surface area contributed by atoms with E-state index < -0.39 is 0 Å². The second kappa shape index (κ2) is 6.53. The Balaban J connectivity index is 1.99. The average Bonchev–Trinajstić information content (AvgIpc) is 2.98. The van der Waals surface area contributed by atoms with Crippen LogP contribution < -0.4 is 0 Å². The zero-order valence-corrected chi connectivity index (χ0v) is 15.5. The Kier molecular flexibility index (Phi) is 4.24. The summed E-state index contributed by atoms with van der Waals surface area (Å²) >= 11 is 5.25. The molecule has 1 aliphatic heterocycles. The number of rotatable bonds is 3. The molecule has 0 saturated heterocycles. The summed E-state index contributed by atoms with van der Waals surface area (Å²) in [7, 11) is 0. The van der Waals surface area contributed by atoms with Crippen molar-refractivity contribution in [1.29, 1.82) is 0 Å². The summed E-state index contributed by atoms with van der Waals surface area (Å²) in [6, 6.07) is 16.8. The van der Waals surface area contributed by atoms with Gasteiger partial charge in [-0.05, 0) is 24.5 Å². The van der Waals surface area contributed by atoms with Crippen LogP contribution >= 0.6 is 27.7 Å². The zero-order chi connectivity index (χ0) is 16.5. The molecule has 120 valence electrons. The first-order valence-corrected chi connectivity index (χ1v) is 9.94. The molecule has 6 heteroatoms. The lowest BCUT2D eigenvalue weighted by Crippen LogP contribution is -2.09. The van der Waals surface area contributed by atoms with Crippen molar-refractivity contribution in [3.8, 4) is 5.69 Å². The third-order valence-electron chi connectivity index (χ3n) is 4.04. The van der Waals surface area contributed by atoms with Gasteiger partial charge in [0.2, 0.25) is 0 Å². The van der Waals surface area contributed by atoms with Gasteiger partial charge in [-0.2, -0.15) is 0 Å². The summed E-state index contributed by atoms with van der Waals surface area (Å²) in [5, 5.41) is 9.27. The van der Waals surface area contributed by atoms with Crippen molar-refractivity contribution in [2.24, 2.45) is 4.99 Å². The number of hydrogen-bond donors (Lipinski definition) is 0. The molecule has 0 radical (unpaired) electrons. The number of benzene rings is 2. The normalized spacial score (nSPS) is 13.0. The Labute approximate surface area is 153 Å². The van der Waals surface area contributed by atoms with E-state index in [0.29, 0.717) is 11.9 Å². The summed E-state index contributed by atoms with van der Waals surface area (Å²) < 4.78 is 2.12. The molecule has 0 fully saturated rings. The molecule has 4 rings (SSSR count). The quantitative estimate of drug-likeness (QED) is 0.489. The Bertz CT molecular complexity index is 918. The van der Waals surface area contributed by atoms with Gasteiger partial charge in [-0.1, -0.05) is 46.3 Å². The van der Waals surface area contributed by atoms with E-state index in [-0.39, 0.29) is 0 Å². The molecule has 0 atom stereocenters. The summed E-state index contributed by atoms with van der Waals surface area (Å²) in [5.41, 5.74) is 4.33. The van der Waals surface area contributed by atoms with Crippen LogP contribution in [0.2, 0.25) is 0 Å². The Morgan fingerprint density at radius 2 is 1.96 bits per heavy atom. The number of alkyl halides is 1. The number of aliphatic imine (C=N–C) groups is 1. The lowest BCUT2D eigenvalue weighted by Gasteiger charge is -2.14. The molecule has 3 aromatic rings. The maximum Gasteiger partial charge on any atom is 0.159 e. The van der Waals surface area contributed by atoms with E-state index in [1.807, 2.05) is 18.2 Å². The van der Waals surface area contributed by atoms with Crippen molar-refractivity contribution >= 4 is 33.4 Å². The molecule has 0 amide bonds. The van der Waals surface area contributed by atoms with Crippen molar-refractivity contribution in [2.75, 3.05) is 6.26 Å². The molecule has 1 aromatic heterocycles. The SMILES string of the molecule is CSc1ccc2c(c1)C(c1ccccc1)=NCc1nnc(CBr)n1-2. The molecular formula is C18H15BrN4S. The fraction of sp³-hybridized carbons (Fsp3) is 0.167. The predicted octanol–water partition coefficient (Wildman–Crippen LogP) is 4.24. The number of thioether (sulfide) groups is 1. The second-order valence-electron chi connectivity index (χ2n) is 5.42. The van der Waals surface area contributed by atoms with Crippen molar-refractivity contribution in [2.45, 2.75) is 16.8 Å². The van der Waals surface area contributed by atoms with Crippen molar-refractivity contribution in [3.63, 3.8) is 0 Å². The summed E-state index contributed by atoms with van der Waals surface area (Å²) in [6.45, 7) is 0.521. The van der Waals surface area contributed by atoms with Crippen LogP contribution in [0.25, 0.3) is 5.69 Å². The van der Waals surface area contributed by atoms with E-state index in [2.05, 4.69) is 67.3 Å². The molecule has 0 aliphatic carbocycles. The van der Waals surface area contributed by atoms with Crippen LogP contribution in [0.5, 0.6) is 0 Å². The standard InChI is InChI=1S/C18H15BrN4S/c1-24-13-7-8-15-14(9-13)18(12-5-3-2-4-6-12)20-11-17-22-21-16(10-19)23(15)17/h2-9H,10-11H2,1H3. The molecule has 4 nitrogen and oxygen atoms in total. The number of hydrogen-bond acceptors (Lipinski definition) is 4. The molecule has 24 heavy (non-hydrogen) atoms. The van der Waals surface area contributed by atoms with Crippen LogP contribution in [0.15, 0.2) is 58.4 Å². The lowest BCUT2D eigenvalue weighted by atomic mass is 10.0. The summed E-state index contributed by atoms with van der Waals surface area (Å²) in [4.78, 5) is 6.08. The van der Waals surface area contributed by atoms with Gasteiger partial charge in [-0.3, -0.25) is 9.56 Å². The Morgan fingerprint density at radius 3 is 2.71 bits per heavy atom. The van der Waals surface area contributed by atoms with E-state index in [9.17, 15) is 0 Å². The molecule has 1 aliphatic rings. The van der Waals surface area contributed by atoms with Gasteiger partial charge in [-0.15, -0.1) is 22.0 Å². The van der Waals surface area contributed by atoms with Crippen molar-refractivity contribution < 1.29 is 0 Å². The minimum absolute atomic E-state index is 0.521. The highest BCUT2D eigenvalue weighted by Crippen LogP contribution is 2.29. The third-order valence-corrected chi connectivity index (χ3v) is 5.27. The second-order valence-corrected chi connectivity index (χ2v) is 6.86. The van der Waals surface area contributed by atoms with Crippen LogP contribution in [0.1, 0.15) is 22.8 Å². The van der Waals surface area contributed by atoms with E-state index in [0.717, 1.165) is 34.2 Å². The van der Waals surface area contributed by atoms with Crippen LogP contribution in [0, 0.1) is 0 Å². The van der Waals surface area contributed by atoms with Gasteiger partial charge in [0.05, 0.1) is 16.7 Å². The Morgan fingerprint density at radius 1 is 1.12 bits per heavy atom. The van der Waals surface area contributed by atoms with Crippen LogP contribution in [-0.4, -0.2) is 26.7 Å². The monoisotopic (exact) mass is 398 g/mol. The molecule has 0 spiro atoms. The minimum Gasteiger partial charge on any atom is -0.280 e. The fourth-order valence-electron chi connectivity index (χ4n) is 2.93. The van der Waals surface area contributed by atoms with E-state index in [4.69, 9.17) is 4.99 Å². The topological polar surface area (TPSA) is 43.1 Å². The van der Waals surface area contributed by atoms with Gasteiger partial charge in [-0.25, -0.2) is 0 Å². The third kappa shape index (κ3) is 2.59. The number of aromatic nitrogens is 3. The smallest absolute Gasteiger partial charge is 0.159 e.